The molecule has 0 aliphatic rings. The lowest BCUT2D eigenvalue weighted by Gasteiger charge is -2.36. The lowest BCUT2D eigenvalue weighted by Crippen LogP contribution is -2.49. The Hall–Kier alpha value is -1.82. The highest BCUT2D eigenvalue weighted by Crippen LogP contribution is 2.31. The van der Waals surface area contributed by atoms with Gasteiger partial charge in [0, 0.05) is 0 Å². The zero-order chi connectivity index (χ0) is 16.1. The molecule has 0 aliphatic carbocycles. The SMILES string of the molecule is CCC(CC)(NC(=O)C(C#N)C(C)(C)C)c1ccccc1. The molecule has 1 N–H and O–H groups in total. The molecule has 114 valence electrons. The minimum atomic E-state index is -0.654. The van der Waals surface area contributed by atoms with Crippen LogP contribution in [0.3, 0.4) is 0 Å². The number of rotatable bonds is 5. The molecule has 3 heteroatoms. The van der Waals surface area contributed by atoms with Crippen LogP contribution in [0.15, 0.2) is 30.3 Å². The minimum Gasteiger partial charge on any atom is -0.345 e. The number of carbonyl (C=O) groups excluding carboxylic acids is 1. The van der Waals surface area contributed by atoms with Crippen molar-refractivity contribution in [3.63, 3.8) is 0 Å². The first-order chi connectivity index (χ1) is 9.80. The largest absolute Gasteiger partial charge is 0.345 e. The Morgan fingerprint density at radius 1 is 1.19 bits per heavy atom. The van der Waals surface area contributed by atoms with E-state index in [-0.39, 0.29) is 11.3 Å². The van der Waals surface area contributed by atoms with E-state index in [1.165, 1.54) is 0 Å². The normalized spacial score (nSPS) is 13.3. The molecule has 0 aliphatic heterocycles. The van der Waals surface area contributed by atoms with E-state index < -0.39 is 11.5 Å². The summed E-state index contributed by atoms with van der Waals surface area (Å²) in [7, 11) is 0. The molecule has 1 aromatic rings. The quantitative estimate of drug-likeness (QED) is 0.889. The van der Waals surface area contributed by atoms with Crippen molar-refractivity contribution in [1.82, 2.24) is 5.32 Å². The third-order valence-electron chi connectivity index (χ3n) is 4.15. The Bertz CT molecular complexity index is 504. The van der Waals surface area contributed by atoms with Crippen molar-refractivity contribution < 1.29 is 4.79 Å². The first kappa shape index (κ1) is 17.2. The van der Waals surface area contributed by atoms with Gasteiger partial charge in [-0.2, -0.15) is 5.26 Å². The third kappa shape index (κ3) is 3.85. The number of carbonyl (C=O) groups is 1. The minimum absolute atomic E-state index is 0.183. The predicted octanol–water partition coefficient (Wildman–Crippen LogP) is 4.00. The second-order valence-electron chi connectivity index (χ2n) is 6.57. The van der Waals surface area contributed by atoms with Gasteiger partial charge < -0.3 is 5.32 Å². The number of amides is 1. The summed E-state index contributed by atoms with van der Waals surface area (Å²) in [5.41, 5.74) is 0.315. The van der Waals surface area contributed by atoms with Gasteiger partial charge in [0.25, 0.3) is 0 Å². The highest BCUT2D eigenvalue weighted by Gasteiger charge is 2.37. The van der Waals surface area contributed by atoms with Crippen LogP contribution in [0, 0.1) is 22.7 Å². The summed E-state index contributed by atoms with van der Waals surface area (Å²) in [5, 5.41) is 12.5. The van der Waals surface area contributed by atoms with E-state index in [4.69, 9.17) is 0 Å². The monoisotopic (exact) mass is 286 g/mol. The lowest BCUT2D eigenvalue weighted by molar-refractivity contribution is -0.128. The van der Waals surface area contributed by atoms with E-state index in [2.05, 4.69) is 25.2 Å². The van der Waals surface area contributed by atoms with Crippen LogP contribution < -0.4 is 5.32 Å². The van der Waals surface area contributed by atoms with Crippen LogP contribution in [0.2, 0.25) is 0 Å². The molecular weight excluding hydrogens is 260 g/mol. The predicted molar refractivity (Wildman–Crippen MR) is 85.4 cm³/mol. The molecule has 1 unspecified atom stereocenters. The second kappa shape index (κ2) is 6.76. The molecule has 1 amide bonds. The van der Waals surface area contributed by atoms with Crippen molar-refractivity contribution in [2.45, 2.75) is 53.0 Å². The van der Waals surface area contributed by atoms with Gasteiger partial charge in [0.1, 0.15) is 5.92 Å². The highest BCUT2D eigenvalue weighted by atomic mass is 16.2. The average Bonchev–Trinajstić information content (AvgIpc) is 2.45. The number of benzene rings is 1. The van der Waals surface area contributed by atoms with Crippen LogP contribution >= 0.6 is 0 Å². The van der Waals surface area contributed by atoms with Crippen molar-refractivity contribution in [3.8, 4) is 6.07 Å². The smallest absolute Gasteiger partial charge is 0.238 e. The van der Waals surface area contributed by atoms with Crippen LogP contribution in [0.5, 0.6) is 0 Å². The second-order valence-corrected chi connectivity index (χ2v) is 6.57. The van der Waals surface area contributed by atoms with Gasteiger partial charge in [-0.25, -0.2) is 0 Å². The zero-order valence-corrected chi connectivity index (χ0v) is 13.7. The fraction of sp³-hybridized carbons (Fsp3) is 0.556. The van der Waals surface area contributed by atoms with E-state index in [9.17, 15) is 10.1 Å². The fourth-order valence-corrected chi connectivity index (χ4v) is 2.62. The molecule has 0 heterocycles. The summed E-state index contributed by atoms with van der Waals surface area (Å²) < 4.78 is 0. The van der Waals surface area contributed by atoms with E-state index in [0.717, 1.165) is 18.4 Å². The van der Waals surface area contributed by atoms with Crippen molar-refractivity contribution in [2.24, 2.45) is 11.3 Å². The van der Waals surface area contributed by atoms with Gasteiger partial charge in [-0.05, 0) is 23.8 Å². The number of hydrogen-bond acceptors (Lipinski definition) is 2. The molecular formula is C18H26N2O. The Labute approximate surface area is 128 Å². The molecule has 0 bridgehead atoms. The molecule has 0 saturated carbocycles. The lowest BCUT2D eigenvalue weighted by atomic mass is 9.79. The summed E-state index contributed by atoms with van der Waals surface area (Å²) in [5.74, 6) is -0.837. The van der Waals surface area contributed by atoms with Crippen LogP contribution in [0.25, 0.3) is 0 Å². The van der Waals surface area contributed by atoms with Crippen LogP contribution in [-0.4, -0.2) is 5.91 Å². The zero-order valence-electron chi connectivity index (χ0n) is 13.7. The Kier molecular flexibility index (Phi) is 5.54. The third-order valence-corrected chi connectivity index (χ3v) is 4.15. The highest BCUT2D eigenvalue weighted by molar-refractivity contribution is 5.82. The Morgan fingerprint density at radius 3 is 2.10 bits per heavy atom. The number of hydrogen-bond donors (Lipinski definition) is 1. The maximum absolute atomic E-state index is 12.6. The number of nitrogens with zero attached hydrogens (tertiary/aromatic N) is 1. The molecule has 0 fully saturated rings. The summed E-state index contributed by atoms with van der Waals surface area (Å²) in [6.07, 6.45) is 1.59. The standard InChI is InChI=1S/C18H26N2O/c1-6-18(7-2,14-11-9-8-10-12-14)20-16(21)15(13-19)17(3,4)5/h8-12,15H,6-7H2,1-5H3,(H,20,21). The van der Waals surface area contributed by atoms with Gasteiger partial charge in [0.2, 0.25) is 5.91 Å². The molecule has 1 rings (SSSR count). The Balaban J connectivity index is 3.10. The molecule has 1 aromatic carbocycles. The first-order valence-corrected chi connectivity index (χ1v) is 7.58. The Morgan fingerprint density at radius 2 is 1.71 bits per heavy atom. The fourth-order valence-electron chi connectivity index (χ4n) is 2.62. The maximum atomic E-state index is 12.6. The van der Waals surface area contributed by atoms with Gasteiger partial charge in [0.05, 0.1) is 11.6 Å². The van der Waals surface area contributed by atoms with Crippen molar-refractivity contribution in [1.29, 1.82) is 5.26 Å². The van der Waals surface area contributed by atoms with E-state index >= 15 is 0 Å². The average molecular weight is 286 g/mol. The summed E-state index contributed by atoms with van der Waals surface area (Å²) in [6, 6.07) is 12.1. The van der Waals surface area contributed by atoms with E-state index in [0.29, 0.717) is 0 Å². The number of nitrogens with one attached hydrogen (secondary N) is 1. The molecule has 0 spiro atoms. The maximum Gasteiger partial charge on any atom is 0.238 e. The van der Waals surface area contributed by atoms with Crippen LogP contribution in [0.4, 0.5) is 0 Å². The van der Waals surface area contributed by atoms with E-state index in [1.54, 1.807) is 0 Å². The molecule has 1 atom stereocenters. The van der Waals surface area contributed by atoms with Gasteiger partial charge in [-0.1, -0.05) is 65.0 Å². The summed E-state index contributed by atoms with van der Waals surface area (Å²) >= 11 is 0. The van der Waals surface area contributed by atoms with Crippen molar-refractivity contribution in [3.05, 3.63) is 35.9 Å². The van der Waals surface area contributed by atoms with E-state index in [1.807, 2.05) is 51.1 Å². The summed E-state index contributed by atoms with van der Waals surface area (Å²) in [4.78, 5) is 12.6. The first-order valence-electron chi connectivity index (χ1n) is 7.58. The topological polar surface area (TPSA) is 52.9 Å². The van der Waals surface area contributed by atoms with Gasteiger partial charge >= 0.3 is 0 Å². The van der Waals surface area contributed by atoms with Gasteiger partial charge in [0.15, 0.2) is 0 Å². The van der Waals surface area contributed by atoms with Crippen molar-refractivity contribution in [2.75, 3.05) is 0 Å². The van der Waals surface area contributed by atoms with Crippen LogP contribution in [-0.2, 0) is 10.3 Å². The number of nitriles is 1. The molecule has 21 heavy (non-hydrogen) atoms. The summed E-state index contributed by atoms with van der Waals surface area (Å²) in [6.45, 7) is 9.89. The van der Waals surface area contributed by atoms with Gasteiger partial charge in [-0.3, -0.25) is 4.79 Å². The molecule has 0 aromatic heterocycles. The molecule has 3 nitrogen and oxygen atoms in total. The molecule has 0 radical (unpaired) electrons. The van der Waals surface area contributed by atoms with Crippen LogP contribution in [0.1, 0.15) is 53.0 Å². The molecule has 0 saturated heterocycles. The van der Waals surface area contributed by atoms with Crippen molar-refractivity contribution >= 4 is 5.91 Å². The van der Waals surface area contributed by atoms with Gasteiger partial charge in [-0.15, -0.1) is 0 Å².